The van der Waals surface area contributed by atoms with Crippen molar-refractivity contribution in [3.8, 4) is 0 Å². The highest BCUT2D eigenvalue weighted by atomic mass is 35.5. The molecule has 2 rings (SSSR count). The summed E-state index contributed by atoms with van der Waals surface area (Å²) in [5.41, 5.74) is 6.20. The number of piperazine rings is 1. The first-order valence-electron chi connectivity index (χ1n) is 5.78. The Labute approximate surface area is 116 Å². The van der Waals surface area contributed by atoms with Gasteiger partial charge in [-0.3, -0.25) is 9.69 Å². The SMILES string of the molecule is NC(=O)C(c1cc(Cl)ccc1Cl)N1CCNCC1. The van der Waals surface area contributed by atoms with Crippen LogP contribution >= 0.6 is 23.2 Å². The molecule has 1 saturated heterocycles. The maximum Gasteiger partial charge on any atom is 0.239 e. The second-order valence-corrected chi connectivity index (χ2v) is 5.10. The molecular weight excluding hydrogens is 273 g/mol. The smallest absolute Gasteiger partial charge is 0.239 e. The Kier molecular flexibility index (Phi) is 4.45. The molecule has 1 aliphatic rings. The summed E-state index contributed by atoms with van der Waals surface area (Å²) < 4.78 is 0. The van der Waals surface area contributed by atoms with Crippen molar-refractivity contribution >= 4 is 29.1 Å². The minimum atomic E-state index is -0.515. The number of carbonyl (C=O) groups excluding carboxylic acids is 1. The van der Waals surface area contributed by atoms with Crippen LogP contribution in [0, 0.1) is 0 Å². The summed E-state index contributed by atoms with van der Waals surface area (Å²) >= 11 is 12.1. The average Bonchev–Trinajstić information content (AvgIpc) is 2.35. The van der Waals surface area contributed by atoms with E-state index in [2.05, 4.69) is 5.32 Å². The molecule has 0 radical (unpaired) electrons. The highest BCUT2D eigenvalue weighted by molar-refractivity contribution is 6.33. The average molecular weight is 288 g/mol. The molecule has 1 atom stereocenters. The number of nitrogens with two attached hydrogens (primary N) is 1. The van der Waals surface area contributed by atoms with Gasteiger partial charge in [0.05, 0.1) is 0 Å². The number of hydrogen-bond acceptors (Lipinski definition) is 3. The number of nitrogens with zero attached hydrogens (tertiary/aromatic N) is 1. The lowest BCUT2D eigenvalue weighted by Gasteiger charge is -2.33. The summed E-state index contributed by atoms with van der Waals surface area (Å²) in [5, 5.41) is 4.30. The lowest BCUT2D eigenvalue weighted by molar-refractivity contribution is -0.123. The number of nitrogens with one attached hydrogen (secondary N) is 1. The van der Waals surface area contributed by atoms with E-state index in [1.165, 1.54) is 0 Å². The monoisotopic (exact) mass is 287 g/mol. The maximum atomic E-state index is 11.7. The minimum Gasteiger partial charge on any atom is -0.368 e. The van der Waals surface area contributed by atoms with Gasteiger partial charge in [0, 0.05) is 36.2 Å². The van der Waals surface area contributed by atoms with Gasteiger partial charge in [-0.1, -0.05) is 23.2 Å². The van der Waals surface area contributed by atoms with E-state index in [-0.39, 0.29) is 0 Å². The molecule has 0 spiro atoms. The quantitative estimate of drug-likeness (QED) is 0.884. The topological polar surface area (TPSA) is 58.4 Å². The van der Waals surface area contributed by atoms with E-state index in [0.717, 1.165) is 26.2 Å². The maximum absolute atomic E-state index is 11.7. The molecule has 0 saturated carbocycles. The van der Waals surface area contributed by atoms with Gasteiger partial charge in [-0.25, -0.2) is 0 Å². The predicted octanol–water partition coefficient (Wildman–Crippen LogP) is 1.43. The van der Waals surface area contributed by atoms with Crippen LogP contribution in [0.2, 0.25) is 10.0 Å². The number of hydrogen-bond donors (Lipinski definition) is 2. The van der Waals surface area contributed by atoms with Crippen LogP contribution in [0.15, 0.2) is 18.2 Å². The van der Waals surface area contributed by atoms with Crippen molar-refractivity contribution in [1.82, 2.24) is 10.2 Å². The fraction of sp³-hybridized carbons (Fsp3) is 0.417. The van der Waals surface area contributed by atoms with Crippen LogP contribution in [0.25, 0.3) is 0 Å². The molecule has 18 heavy (non-hydrogen) atoms. The Morgan fingerprint density at radius 1 is 1.33 bits per heavy atom. The van der Waals surface area contributed by atoms with E-state index in [1.807, 2.05) is 4.90 Å². The van der Waals surface area contributed by atoms with Gasteiger partial charge in [0.25, 0.3) is 0 Å². The van der Waals surface area contributed by atoms with Crippen molar-refractivity contribution in [1.29, 1.82) is 0 Å². The highest BCUT2D eigenvalue weighted by Gasteiger charge is 2.28. The summed E-state index contributed by atoms with van der Waals surface area (Å²) in [7, 11) is 0. The van der Waals surface area contributed by atoms with Gasteiger partial charge in [0.2, 0.25) is 5.91 Å². The Hall–Kier alpha value is -0.810. The lowest BCUT2D eigenvalue weighted by Crippen LogP contribution is -2.48. The molecule has 1 aliphatic heterocycles. The first-order chi connectivity index (χ1) is 8.59. The summed E-state index contributed by atoms with van der Waals surface area (Å²) in [6.45, 7) is 3.19. The third-order valence-corrected chi connectivity index (χ3v) is 3.62. The summed E-state index contributed by atoms with van der Waals surface area (Å²) in [6.07, 6.45) is 0. The van der Waals surface area contributed by atoms with Gasteiger partial charge in [0.15, 0.2) is 0 Å². The molecule has 4 nitrogen and oxygen atoms in total. The van der Waals surface area contributed by atoms with E-state index in [1.54, 1.807) is 18.2 Å². The van der Waals surface area contributed by atoms with Crippen LogP contribution in [0.5, 0.6) is 0 Å². The molecule has 0 aliphatic carbocycles. The van der Waals surface area contributed by atoms with Gasteiger partial charge >= 0.3 is 0 Å². The fourth-order valence-corrected chi connectivity index (χ4v) is 2.60. The molecule has 1 heterocycles. The zero-order valence-electron chi connectivity index (χ0n) is 9.83. The number of rotatable bonds is 3. The Morgan fingerprint density at radius 2 is 2.00 bits per heavy atom. The van der Waals surface area contributed by atoms with Gasteiger partial charge in [0.1, 0.15) is 6.04 Å². The molecule has 0 aromatic heterocycles. The van der Waals surface area contributed by atoms with E-state index >= 15 is 0 Å². The second-order valence-electron chi connectivity index (χ2n) is 4.26. The summed E-state index contributed by atoms with van der Waals surface area (Å²) in [4.78, 5) is 13.7. The molecule has 1 aromatic rings. The molecule has 0 bridgehead atoms. The lowest BCUT2D eigenvalue weighted by atomic mass is 10.0. The Bertz CT molecular complexity index is 447. The zero-order chi connectivity index (χ0) is 13.1. The number of halogens is 2. The van der Waals surface area contributed by atoms with Crippen LogP contribution in [0.1, 0.15) is 11.6 Å². The number of primary amides is 1. The first-order valence-corrected chi connectivity index (χ1v) is 6.54. The van der Waals surface area contributed by atoms with E-state index in [4.69, 9.17) is 28.9 Å². The molecule has 1 fully saturated rings. The first kappa shape index (κ1) is 13.6. The molecule has 6 heteroatoms. The molecule has 98 valence electrons. The van der Waals surface area contributed by atoms with Gasteiger partial charge in [-0.2, -0.15) is 0 Å². The third kappa shape index (κ3) is 2.95. The molecule has 1 unspecified atom stereocenters. The van der Waals surface area contributed by atoms with Crippen LogP contribution in [-0.4, -0.2) is 37.0 Å². The van der Waals surface area contributed by atoms with E-state index < -0.39 is 11.9 Å². The minimum absolute atomic E-state index is 0.402. The zero-order valence-corrected chi connectivity index (χ0v) is 11.3. The fourth-order valence-electron chi connectivity index (χ4n) is 2.19. The third-order valence-electron chi connectivity index (χ3n) is 3.04. The molecular formula is C12H15Cl2N3O. The van der Waals surface area contributed by atoms with Crippen LogP contribution in [0.3, 0.4) is 0 Å². The van der Waals surface area contributed by atoms with Crippen molar-refractivity contribution in [2.24, 2.45) is 5.73 Å². The van der Waals surface area contributed by atoms with Gasteiger partial charge < -0.3 is 11.1 Å². The Balaban J connectivity index is 2.34. The van der Waals surface area contributed by atoms with Crippen LogP contribution in [-0.2, 0) is 4.79 Å². The van der Waals surface area contributed by atoms with Gasteiger partial charge in [-0.15, -0.1) is 0 Å². The summed E-state index contributed by atoms with van der Waals surface area (Å²) in [6, 6.07) is 4.58. The van der Waals surface area contributed by atoms with Crippen LogP contribution in [0.4, 0.5) is 0 Å². The van der Waals surface area contributed by atoms with Crippen molar-refractivity contribution < 1.29 is 4.79 Å². The Morgan fingerprint density at radius 3 is 2.61 bits per heavy atom. The molecule has 1 amide bonds. The summed E-state index contributed by atoms with van der Waals surface area (Å²) in [5.74, 6) is -0.402. The van der Waals surface area contributed by atoms with Crippen LogP contribution < -0.4 is 11.1 Å². The number of benzene rings is 1. The van der Waals surface area contributed by atoms with Crippen molar-refractivity contribution in [3.05, 3.63) is 33.8 Å². The van der Waals surface area contributed by atoms with Crippen molar-refractivity contribution in [3.63, 3.8) is 0 Å². The highest BCUT2D eigenvalue weighted by Crippen LogP contribution is 2.30. The van der Waals surface area contributed by atoms with Gasteiger partial charge in [-0.05, 0) is 23.8 Å². The number of carbonyl (C=O) groups is 1. The number of amides is 1. The van der Waals surface area contributed by atoms with E-state index in [9.17, 15) is 4.79 Å². The molecule has 1 aromatic carbocycles. The van der Waals surface area contributed by atoms with Crippen molar-refractivity contribution in [2.45, 2.75) is 6.04 Å². The molecule has 3 N–H and O–H groups in total. The largest absolute Gasteiger partial charge is 0.368 e. The predicted molar refractivity (Wildman–Crippen MR) is 72.8 cm³/mol. The van der Waals surface area contributed by atoms with Crippen molar-refractivity contribution in [2.75, 3.05) is 26.2 Å². The van der Waals surface area contributed by atoms with E-state index in [0.29, 0.717) is 15.6 Å². The second kappa shape index (κ2) is 5.89. The normalized spacial score (nSPS) is 18.6. The standard InChI is InChI=1S/C12H15Cl2N3O/c13-8-1-2-10(14)9(7-8)11(12(15)18)17-5-3-16-4-6-17/h1-2,7,11,16H,3-6H2,(H2,15,18).